The molecule has 4 rings (SSSR count). The molecule has 2 aromatic rings. The van der Waals surface area contributed by atoms with Crippen molar-refractivity contribution in [1.82, 2.24) is 9.21 Å². The third kappa shape index (κ3) is 3.92. The van der Waals surface area contributed by atoms with Crippen LogP contribution in [0.3, 0.4) is 0 Å². The summed E-state index contributed by atoms with van der Waals surface area (Å²) in [6.07, 6.45) is 1.43. The van der Waals surface area contributed by atoms with Gasteiger partial charge in [-0.05, 0) is 30.3 Å². The quantitative estimate of drug-likeness (QED) is 0.793. The van der Waals surface area contributed by atoms with Crippen LogP contribution >= 0.6 is 11.8 Å². The topological polar surface area (TPSA) is 99.9 Å². The molecule has 0 aliphatic carbocycles. The van der Waals surface area contributed by atoms with Gasteiger partial charge in [-0.25, -0.2) is 8.42 Å². The second-order valence-corrected chi connectivity index (χ2v) is 10.0. The van der Waals surface area contributed by atoms with Gasteiger partial charge in [0.1, 0.15) is 0 Å². The maximum atomic E-state index is 13.1. The summed E-state index contributed by atoms with van der Waals surface area (Å²) in [6, 6.07) is 8.07. The zero-order valence-electron chi connectivity index (χ0n) is 15.8. The van der Waals surface area contributed by atoms with Crippen LogP contribution in [0.4, 0.5) is 5.69 Å². The third-order valence-electron chi connectivity index (χ3n) is 5.04. The van der Waals surface area contributed by atoms with Crippen LogP contribution in [0, 0.1) is 5.92 Å². The fraction of sp³-hybridized carbons (Fsp3) is 0.368. The summed E-state index contributed by atoms with van der Waals surface area (Å²) in [6.45, 7) is 2.81. The second kappa shape index (κ2) is 7.85. The first kappa shape index (κ1) is 20.0. The molecule has 3 heterocycles. The normalized spacial score (nSPS) is 20.7. The molecule has 1 atom stereocenters. The highest BCUT2D eigenvalue weighted by atomic mass is 32.2. The largest absolute Gasteiger partial charge is 0.459 e. The highest BCUT2D eigenvalue weighted by Gasteiger charge is 2.32. The number of hydrogen-bond donors (Lipinski definition) is 1. The van der Waals surface area contributed by atoms with Crippen LogP contribution in [0.5, 0.6) is 0 Å². The molecule has 0 unspecified atom stereocenters. The lowest BCUT2D eigenvalue weighted by Crippen LogP contribution is -2.50. The van der Waals surface area contributed by atoms with E-state index in [4.69, 9.17) is 4.42 Å². The number of benzene rings is 1. The molecule has 154 valence electrons. The van der Waals surface area contributed by atoms with Gasteiger partial charge < -0.3 is 14.6 Å². The lowest BCUT2D eigenvalue weighted by Gasteiger charge is -2.33. The Kier molecular flexibility index (Phi) is 5.41. The van der Waals surface area contributed by atoms with E-state index >= 15 is 0 Å². The van der Waals surface area contributed by atoms with Gasteiger partial charge in [-0.1, -0.05) is 6.92 Å². The highest BCUT2D eigenvalue weighted by Crippen LogP contribution is 2.34. The van der Waals surface area contributed by atoms with Crippen molar-refractivity contribution in [3.8, 4) is 0 Å². The molecule has 1 saturated heterocycles. The van der Waals surface area contributed by atoms with Crippen molar-refractivity contribution in [2.75, 3.05) is 37.2 Å². The number of fused-ring (bicyclic) bond motifs is 1. The van der Waals surface area contributed by atoms with Crippen LogP contribution < -0.4 is 5.32 Å². The lowest BCUT2D eigenvalue weighted by atomic mass is 10.2. The summed E-state index contributed by atoms with van der Waals surface area (Å²) in [5.41, 5.74) is 0.525. The van der Waals surface area contributed by atoms with Gasteiger partial charge in [-0.3, -0.25) is 9.59 Å². The number of rotatable bonds is 3. The van der Waals surface area contributed by atoms with E-state index in [9.17, 15) is 18.0 Å². The van der Waals surface area contributed by atoms with Crippen LogP contribution in [0.25, 0.3) is 0 Å². The first-order chi connectivity index (χ1) is 13.9. The molecule has 2 aliphatic heterocycles. The summed E-state index contributed by atoms with van der Waals surface area (Å²) in [5, 5.41) is 2.82. The van der Waals surface area contributed by atoms with E-state index in [0.717, 1.165) is 4.90 Å². The van der Waals surface area contributed by atoms with Gasteiger partial charge in [0.15, 0.2) is 5.76 Å². The second-order valence-electron chi connectivity index (χ2n) is 7.03. The van der Waals surface area contributed by atoms with E-state index in [1.54, 1.807) is 29.2 Å². The van der Waals surface area contributed by atoms with Crippen LogP contribution in [0.2, 0.25) is 0 Å². The Morgan fingerprint density at radius 2 is 1.97 bits per heavy atom. The minimum absolute atomic E-state index is 0.115. The smallest absolute Gasteiger partial charge is 0.289 e. The Bertz CT molecular complexity index is 1030. The first-order valence-electron chi connectivity index (χ1n) is 9.27. The van der Waals surface area contributed by atoms with Gasteiger partial charge in [-0.15, -0.1) is 11.8 Å². The minimum Gasteiger partial charge on any atom is -0.459 e. The molecule has 0 saturated carbocycles. The van der Waals surface area contributed by atoms with Crippen molar-refractivity contribution >= 4 is 39.3 Å². The fourth-order valence-corrected chi connectivity index (χ4v) is 5.74. The van der Waals surface area contributed by atoms with Gasteiger partial charge in [0.05, 0.1) is 16.8 Å². The molecular weight excluding hydrogens is 414 g/mol. The number of furan rings is 1. The predicted molar refractivity (Wildman–Crippen MR) is 108 cm³/mol. The number of carbonyl (C=O) groups excluding carboxylic acids is 2. The molecule has 0 spiro atoms. The van der Waals surface area contributed by atoms with E-state index < -0.39 is 10.0 Å². The molecule has 1 aromatic heterocycles. The van der Waals surface area contributed by atoms with E-state index in [2.05, 4.69) is 5.32 Å². The minimum atomic E-state index is -3.73. The molecule has 1 aromatic carbocycles. The molecule has 1 fully saturated rings. The number of thioether (sulfide) groups is 1. The SMILES string of the molecule is C[C@@H]1CSc2ccc(S(=O)(=O)N3CCN(C(=O)c4ccco4)CC3)cc2NC1=O. The van der Waals surface area contributed by atoms with E-state index in [1.807, 2.05) is 6.92 Å². The Morgan fingerprint density at radius 3 is 2.66 bits per heavy atom. The number of amides is 2. The molecule has 1 N–H and O–H groups in total. The Labute approximate surface area is 173 Å². The number of piperazine rings is 1. The number of carbonyl (C=O) groups is 2. The highest BCUT2D eigenvalue weighted by molar-refractivity contribution is 7.99. The van der Waals surface area contributed by atoms with Gasteiger partial charge in [0.2, 0.25) is 15.9 Å². The van der Waals surface area contributed by atoms with Gasteiger partial charge in [0.25, 0.3) is 5.91 Å². The van der Waals surface area contributed by atoms with Crippen molar-refractivity contribution in [2.24, 2.45) is 5.92 Å². The van der Waals surface area contributed by atoms with E-state index in [-0.39, 0.29) is 54.6 Å². The van der Waals surface area contributed by atoms with Crippen LogP contribution in [0.1, 0.15) is 17.5 Å². The van der Waals surface area contributed by atoms with Gasteiger partial charge >= 0.3 is 0 Å². The summed E-state index contributed by atoms with van der Waals surface area (Å²) in [7, 11) is -3.73. The van der Waals surface area contributed by atoms with Crippen molar-refractivity contribution < 1.29 is 22.4 Å². The third-order valence-corrected chi connectivity index (χ3v) is 8.27. The van der Waals surface area contributed by atoms with Crippen molar-refractivity contribution in [1.29, 1.82) is 0 Å². The predicted octanol–water partition coefficient (Wildman–Crippen LogP) is 2.11. The maximum Gasteiger partial charge on any atom is 0.289 e. The molecule has 29 heavy (non-hydrogen) atoms. The maximum absolute atomic E-state index is 13.1. The number of hydrogen-bond acceptors (Lipinski definition) is 6. The van der Waals surface area contributed by atoms with Crippen molar-refractivity contribution in [2.45, 2.75) is 16.7 Å². The number of sulfonamides is 1. The van der Waals surface area contributed by atoms with Crippen LogP contribution in [-0.4, -0.2) is 61.4 Å². The summed E-state index contributed by atoms with van der Waals surface area (Å²) < 4.78 is 32.7. The number of nitrogens with one attached hydrogen (secondary N) is 1. The van der Waals surface area contributed by atoms with Crippen LogP contribution in [0.15, 0.2) is 50.8 Å². The average molecular weight is 436 g/mol. The van der Waals surface area contributed by atoms with Crippen molar-refractivity contribution in [3.05, 3.63) is 42.4 Å². The molecule has 8 nitrogen and oxygen atoms in total. The number of nitrogens with zero attached hydrogens (tertiary/aromatic N) is 2. The summed E-state index contributed by atoms with van der Waals surface area (Å²) >= 11 is 1.53. The van der Waals surface area contributed by atoms with E-state index in [0.29, 0.717) is 11.4 Å². The zero-order chi connectivity index (χ0) is 20.6. The molecule has 2 aliphatic rings. The standard InChI is InChI=1S/C19H21N3O5S2/c1-13-12-28-17-5-4-14(11-15(17)20-18(13)23)29(25,26)22-8-6-21(7-9-22)19(24)16-3-2-10-27-16/h2-5,10-11,13H,6-9,12H2,1H3,(H,20,23)/t13-/m1/s1. The van der Waals surface area contributed by atoms with E-state index in [1.165, 1.54) is 28.4 Å². The molecule has 2 amide bonds. The lowest BCUT2D eigenvalue weighted by molar-refractivity contribution is -0.118. The summed E-state index contributed by atoms with van der Waals surface area (Å²) in [4.78, 5) is 27.0. The Morgan fingerprint density at radius 1 is 1.21 bits per heavy atom. The summed E-state index contributed by atoms with van der Waals surface area (Å²) in [5.74, 6) is 0.389. The van der Waals surface area contributed by atoms with Gasteiger partial charge in [0, 0.05) is 42.7 Å². The molecule has 0 radical (unpaired) electrons. The average Bonchev–Trinajstić information content (AvgIpc) is 3.22. The molecular formula is C19H21N3O5S2. The Hall–Kier alpha value is -2.30. The Balaban J connectivity index is 1.49. The number of anilines is 1. The molecule has 0 bridgehead atoms. The molecule has 10 heteroatoms. The first-order valence-corrected chi connectivity index (χ1v) is 11.7. The monoisotopic (exact) mass is 435 g/mol. The van der Waals surface area contributed by atoms with Gasteiger partial charge in [-0.2, -0.15) is 4.31 Å². The zero-order valence-corrected chi connectivity index (χ0v) is 17.5. The van der Waals surface area contributed by atoms with Crippen molar-refractivity contribution in [3.63, 3.8) is 0 Å². The fourth-order valence-electron chi connectivity index (χ4n) is 3.28. The van der Waals surface area contributed by atoms with Crippen LogP contribution in [-0.2, 0) is 14.8 Å².